The number of nitrogens with one attached hydrogen (secondary N) is 1. The molecule has 30 heavy (non-hydrogen) atoms. The predicted octanol–water partition coefficient (Wildman–Crippen LogP) is 3.04. The van der Waals surface area contributed by atoms with E-state index in [9.17, 15) is 13.2 Å². The number of carbonyl (C=O) groups is 1. The largest absolute Gasteiger partial charge is 0.497 e. The first kappa shape index (κ1) is 23.5. The number of anilines is 2. The first-order valence-corrected chi connectivity index (χ1v) is 11.2. The van der Waals surface area contributed by atoms with Gasteiger partial charge in [-0.2, -0.15) is 0 Å². The van der Waals surface area contributed by atoms with Crippen molar-refractivity contribution in [2.75, 3.05) is 43.8 Å². The van der Waals surface area contributed by atoms with Crippen LogP contribution in [0.4, 0.5) is 11.4 Å². The number of hydrogen-bond donors (Lipinski definition) is 1. The molecule has 164 valence electrons. The maximum absolute atomic E-state index is 12.4. The summed E-state index contributed by atoms with van der Waals surface area (Å²) in [4.78, 5) is 12.3. The van der Waals surface area contributed by atoms with Gasteiger partial charge in [0.25, 0.3) is 0 Å². The van der Waals surface area contributed by atoms with Crippen LogP contribution in [-0.2, 0) is 26.2 Å². The summed E-state index contributed by atoms with van der Waals surface area (Å²) in [7, 11) is 0.987. The van der Waals surface area contributed by atoms with Gasteiger partial charge in [0.1, 0.15) is 11.5 Å². The lowest BCUT2D eigenvalue weighted by Crippen LogP contribution is -2.31. The highest BCUT2D eigenvalue weighted by atomic mass is 32.2. The third kappa shape index (κ3) is 6.64. The number of methoxy groups -OCH3 is 3. The molecule has 9 heteroatoms. The van der Waals surface area contributed by atoms with E-state index in [0.29, 0.717) is 35.9 Å². The van der Waals surface area contributed by atoms with Gasteiger partial charge in [0, 0.05) is 31.8 Å². The Labute approximate surface area is 177 Å². The van der Waals surface area contributed by atoms with E-state index >= 15 is 0 Å². The van der Waals surface area contributed by atoms with Crippen LogP contribution >= 0.6 is 0 Å². The van der Waals surface area contributed by atoms with Crippen molar-refractivity contribution < 1.29 is 27.4 Å². The van der Waals surface area contributed by atoms with Crippen LogP contribution in [0.1, 0.15) is 18.4 Å². The molecule has 0 atom stereocenters. The van der Waals surface area contributed by atoms with E-state index in [-0.39, 0.29) is 18.9 Å². The number of ether oxygens (including phenoxy) is 3. The van der Waals surface area contributed by atoms with Crippen LogP contribution in [0.25, 0.3) is 0 Å². The third-order valence-corrected chi connectivity index (χ3v) is 5.52. The van der Waals surface area contributed by atoms with Gasteiger partial charge in [-0.05, 0) is 36.2 Å². The molecule has 0 bridgehead atoms. The smallest absolute Gasteiger partial charge is 0.232 e. The van der Waals surface area contributed by atoms with Crippen LogP contribution in [-0.4, -0.2) is 48.5 Å². The van der Waals surface area contributed by atoms with Crippen LogP contribution in [0.15, 0.2) is 42.5 Å². The summed E-state index contributed by atoms with van der Waals surface area (Å²) in [5, 5.41) is 2.83. The second kappa shape index (κ2) is 10.8. The Morgan fingerprint density at radius 2 is 1.83 bits per heavy atom. The summed E-state index contributed by atoms with van der Waals surface area (Å²) >= 11 is 0. The predicted molar refractivity (Wildman–Crippen MR) is 117 cm³/mol. The molecule has 2 rings (SSSR count). The van der Waals surface area contributed by atoms with Crippen molar-refractivity contribution in [2.45, 2.75) is 19.4 Å². The number of rotatable bonds is 11. The molecule has 1 amide bonds. The molecule has 8 nitrogen and oxygen atoms in total. The fourth-order valence-corrected chi connectivity index (χ4v) is 3.93. The SMILES string of the molecule is COCc1cccc(NC(=O)CCCN(c2cc(OC)ccc2OC)S(C)(=O)=O)c1. The van der Waals surface area contributed by atoms with Gasteiger partial charge >= 0.3 is 0 Å². The highest BCUT2D eigenvalue weighted by Crippen LogP contribution is 2.34. The summed E-state index contributed by atoms with van der Waals surface area (Å²) < 4.78 is 41.6. The Morgan fingerprint density at radius 1 is 1.07 bits per heavy atom. The Kier molecular flexibility index (Phi) is 8.49. The van der Waals surface area contributed by atoms with E-state index in [0.717, 1.165) is 11.8 Å². The standard InChI is InChI=1S/C21H28N2O6S/c1-27-15-16-7-5-8-17(13-16)22-21(24)9-6-12-23(30(4,25)26)19-14-18(28-2)10-11-20(19)29-3/h5,7-8,10-11,13-14H,6,9,12,15H2,1-4H3,(H,22,24). The van der Waals surface area contributed by atoms with Gasteiger partial charge in [-0.25, -0.2) is 8.42 Å². The highest BCUT2D eigenvalue weighted by Gasteiger charge is 2.22. The average Bonchev–Trinajstić information content (AvgIpc) is 2.70. The van der Waals surface area contributed by atoms with Crippen molar-refractivity contribution in [2.24, 2.45) is 0 Å². The first-order chi connectivity index (χ1) is 14.3. The normalized spacial score (nSPS) is 11.1. The van der Waals surface area contributed by atoms with E-state index in [2.05, 4.69) is 5.32 Å². The van der Waals surface area contributed by atoms with Gasteiger partial charge in [-0.1, -0.05) is 12.1 Å². The molecule has 2 aromatic carbocycles. The Bertz CT molecular complexity index is 962. The van der Waals surface area contributed by atoms with E-state index in [1.54, 1.807) is 31.4 Å². The molecule has 0 aliphatic carbocycles. The number of hydrogen-bond acceptors (Lipinski definition) is 6. The minimum absolute atomic E-state index is 0.124. The van der Waals surface area contributed by atoms with E-state index in [1.807, 2.05) is 18.2 Å². The Balaban J connectivity index is 2.06. The minimum Gasteiger partial charge on any atom is -0.497 e. The molecule has 0 fully saturated rings. The lowest BCUT2D eigenvalue weighted by Gasteiger charge is -2.24. The Morgan fingerprint density at radius 3 is 2.47 bits per heavy atom. The highest BCUT2D eigenvalue weighted by molar-refractivity contribution is 7.92. The fraction of sp³-hybridized carbons (Fsp3) is 0.381. The van der Waals surface area contributed by atoms with Gasteiger partial charge < -0.3 is 19.5 Å². The Hall–Kier alpha value is -2.78. The van der Waals surface area contributed by atoms with Crippen LogP contribution in [0, 0.1) is 0 Å². The van der Waals surface area contributed by atoms with E-state index in [4.69, 9.17) is 14.2 Å². The van der Waals surface area contributed by atoms with Gasteiger partial charge in [0.05, 0.1) is 32.8 Å². The second-order valence-electron chi connectivity index (χ2n) is 6.66. The molecule has 0 radical (unpaired) electrons. The van der Waals surface area contributed by atoms with Crippen molar-refractivity contribution in [3.63, 3.8) is 0 Å². The molecule has 0 aliphatic rings. The van der Waals surface area contributed by atoms with Crippen molar-refractivity contribution in [3.05, 3.63) is 48.0 Å². The molecule has 0 aliphatic heterocycles. The monoisotopic (exact) mass is 436 g/mol. The van der Waals surface area contributed by atoms with Crippen LogP contribution in [0.5, 0.6) is 11.5 Å². The number of nitrogens with zero attached hydrogens (tertiary/aromatic N) is 1. The number of sulfonamides is 1. The zero-order valence-electron chi connectivity index (χ0n) is 17.7. The summed E-state index contributed by atoms with van der Waals surface area (Å²) in [5.41, 5.74) is 1.99. The topological polar surface area (TPSA) is 94.2 Å². The maximum Gasteiger partial charge on any atom is 0.232 e. The molecular weight excluding hydrogens is 408 g/mol. The first-order valence-electron chi connectivity index (χ1n) is 9.36. The quantitative estimate of drug-likeness (QED) is 0.582. The van der Waals surface area contributed by atoms with Crippen molar-refractivity contribution >= 4 is 27.3 Å². The second-order valence-corrected chi connectivity index (χ2v) is 8.56. The molecule has 0 spiro atoms. The molecule has 0 unspecified atom stereocenters. The molecule has 1 N–H and O–H groups in total. The summed E-state index contributed by atoms with van der Waals surface area (Å²) in [5.74, 6) is 0.712. The molecule has 0 aromatic heterocycles. The number of amides is 1. The summed E-state index contributed by atoms with van der Waals surface area (Å²) in [6.07, 6.45) is 1.61. The average molecular weight is 437 g/mol. The molecule has 0 saturated heterocycles. The van der Waals surface area contributed by atoms with Crippen LogP contribution in [0.2, 0.25) is 0 Å². The molecular formula is C21H28N2O6S. The number of benzene rings is 2. The lowest BCUT2D eigenvalue weighted by atomic mass is 10.2. The fourth-order valence-electron chi connectivity index (χ4n) is 2.97. The van der Waals surface area contributed by atoms with Gasteiger partial charge in [0.2, 0.25) is 15.9 Å². The molecule has 0 saturated carbocycles. The zero-order valence-corrected chi connectivity index (χ0v) is 18.5. The minimum atomic E-state index is -3.59. The van der Waals surface area contributed by atoms with Crippen molar-refractivity contribution in [1.82, 2.24) is 0 Å². The van der Waals surface area contributed by atoms with Crippen molar-refractivity contribution in [3.8, 4) is 11.5 Å². The van der Waals surface area contributed by atoms with E-state index in [1.165, 1.54) is 18.5 Å². The van der Waals surface area contributed by atoms with Gasteiger partial charge in [0.15, 0.2) is 0 Å². The van der Waals surface area contributed by atoms with Gasteiger partial charge in [-0.3, -0.25) is 9.10 Å². The van der Waals surface area contributed by atoms with Crippen LogP contribution in [0.3, 0.4) is 0 Å². The molecule has 0 heterocycles. The van der Waals surface area contributed by atoms with Crippen molar-refractivity contribution in [1.29, 1.82) is 0 Å². The molecule has 2 aromatic rings. The van der Waals surface area contributed by atoms with Gasteiger partial charge in [-0.15, -0.1) is 0 Å². The zero-order chi connectivity index (χ0) is 22.1. The summed E-state index contributed by atoms with van der Waals surface area (Å²) in [6.45, 7) is 0.578. The van der Waals surface area contributed by atoms with Crippen LogP contribution < -0.4 is 19.1 Å². The number of carbonyl (C=O) groups excluding carboxylic acids is 1. The lowest BCUT2D eigenvalue weighted by molar-refractivity contribution is -0.116. The maximum atomic E-state index is 12.4. The third-order valence-electron chi connectivity index (χ3n) is 4.34. The summed E-state index contributed by atoms with van der Waals surface area (Å²) in [6, 6.07) is 12.3. The van der Waals surface area contributed by atoms with E-state index < -0.39 is 10.0 Å².